The predicted molar refractivity (Wildman–Crippen MR) is 69.5 cm³/mol. The number of aromatic amines is 1. The number of piperidine rings is 1. The zero-order valence-corrected chi connectivity index (χ0v) is 10.1. The standard InChI is InChI=1S/C13H16N4O/c14-13(18)11-6-9(8-1-3-15-4-2-8)5-10-7-16-17-12(10)11/h5-8,15H,1-4H2,(H2,14,18)(H,16,17). The van der Waals surface area contributed by atoms with Crippen LogP contribution in [0, 0.1) is 0 Å². The molecule has 0 spiro atoms. The first-order chi connectivity index (χ1) is 8.75. The largest absolute Gasteiger partial charge is 0.366 e. The molecule has 5 heteroatoms. The maximum absolute atomic E-state index is 11.5. The SMILES string of the molecule is NC(=O)c1cc(C2CCNCC2)cc2cn[nH]c12. The number of benzene rings is 1. The van der Waals surface area contributed by atoms with Crippen LogP contribution >= 0.6 is 0 Å². The minimum Gasteiger partial charge on any atom is -0.366 e. The Morgan fingerprint density at radius 3 is 2.83 bits per heavy atom. The van der Waals surface area contributed by atoms with E-state index >= 15 is 0 Å². The lowest BCUT2D eigenvalue weighted by Gasteiger charge is -2.23. The third-order valence-corrected chi connectivity index (χ3v) is 3.65. The second kappa shape index (κ2) is 4.42. The zero-order chi connectivity index (χ0) is 12.5. The monoisotopic (exact) mass is 244 g/mol. The molecule has 0 unspecified atom stereocenters. The molecule has 3 rings (SSSR count). The Morgan fingerprint density at radius 1 is 1.33 bits per heavy atom. The molecule has 1 aromatic carbocycles. The molecule has 1 aliphatic rings. The van der Waals surface area contributed by atoms with Gasteiger partial charge in [0, 0.05) is 5.39 Å². The van der Waals surface area contributed by atoms with Gasteiger partial charge in [-0.1, -0.05) is 0 Å². The van der Waals surface area contributed by atoms with Crippen molar-refractivity contribution >= 4 is 16.8 Å². The summed E-state index contributed by atoms with van der Waals surface area (Å²) in [5.41, 5.74) is 7.91. The van der Waals surface area contributed by atoms with Crippen molar-refractivity contribution in [3.8, 4) is 0 Å². The Bertz CT molecular complexity index is 584. The summed E-state index contributed by atoms with van der Waals surface area (Å²) in [4.78, 5) is 11.5. The predicted octanol–water partition coefficient (Wildman–Crippen LogP) is 1.13. The Hall–Kier alpha value is -1.88. The highest BCUT2D eigenvalue weighted by atomic mass is 16.1. The highest BCUT2D eigenvalue weighted by molar-refractivity contribution is 6.04. The third-order valence-electron chi connectivity index (χ3n) is 3.65. The number of amides is 1. The average Bonchev–Trinajstić information content (AvgIpc) is 2.86. The van der Waals surface area contributed by atoms with Crippen LogP contribution in [0.4, 0.5) is 0 Å². The number of nitrogens with zero attached hydrogens (tertiary/aromatic N) is 1. The van der Waals surface area contributed by atoms with Crippen LogP contribution in [0.25, 0.3) is 10.9 Å². The number of nitrogens with two attached hydrogens (primary N) is 1. The number of primary amides is 1. The molecule has 0 radical (unpaired) electrons. The first kappa shape index (κ1) is 11.2. The van der Waals surface area contributed by atoms with Crippen LogP contribution < -0.4 is 11.1 Å². The summed E-state index contributed by atoms with van der Waals surface area (Å²) in [7, 11) is 0. The topological polar surface area (TPSA) is 83.8 Å². The number of hydrogen-bond donors (Lipinski definition) is 3. The van der Waals surface area contributed by atoms with Gasteiger partial charge in [0.2, 0.25) is 0 Å². The van der Waals surface area contributed by atoms with Crippen LogP contribution in [-0.4, -0.2) is 29.2 Å². The molecule has 1 aliphatic heterocycles. The lowest BCUT2D eigenvalue weighted by molar-refractivity contribution is 0.100. The van der Waals surface area contributed by atoms with Gasteiger partial charge in [-0.3, -0.25) is 9.89 Å². The summed E-state index contributed by atoms with van der Waals surface area (Å²) in [5, 5.41) is 11.1. The van der Waals surface area contributed by atoms with Crippen molar-refractivity contribution in [3.63, 3.8) is 0 Å². The van der Waals surface area contributed by atoms with E-state index in [0.717, 1.165) is 36.8 Å². The van der Waals surface area contributed by atoms with Crippen LogP contribution in [0.5, 0.6) is 0 Å². The van der Waals surface area contributed by atoms with Crippen molar-refractivity contribution in [3.05, 3.63) is 29.5 Å². The number of carbonyl (C=O) groups excluding carboxylic acids is 1. The third kappa shape index (κ3) is 1.86. The molecular weight excluding hydrogens is 228 g/mol. The summed E-state index contributed by atoms with van der Waals surface area (Å²) in [5.74, 6) is 0.101. The Balaban J connectivity index is 2.09. The second-order valence-corrected chi connectivity index (χ2v) is 4.79. The first-order valence-electron chi connectivity index (χ1n) is 6.23. The summed E-state index contributed by atoms with van der Waals surface area (Å²) in [6, 6.07) is 4.03. The minimum atomic E-state index is -0.403. The summed E-state index contributed by atoms with van der Waals surface area (Å²) in [6.07, 6.45) is 3.94. The van der Waals surface area contributed by atoms with Crippen LogP contribution in [0.1, 0.15) is 34.7 Å². The van der Waals surface area contributed by atoms with Gasteiger partial charge in [0.05, 0.1) is 17.3 Å². The number of aromatic nitrogens is 2. The van der Waals surface area contributed by atoms with Gasteiger partial charge in [0.1, 0.15) is 0 Å². The number of hydrogen-bond acceptors (Lipinski definition) is 3. The fraction of sp³-hybridized carbons (Fsp3) is 0.385. The number of fused-ring (bicyclic) bond motifs is 1. The van der Waals surface area contributed by atoms with Crippen molar-refractivity contribution in [2.24, 2.45) is 5.73 Å². The first-order valence-corrected chi connectivity index (χ1v) is 6.23. The highest BCUT2D eigenvalue weighted by Gasteiger charge is 2.18. The smallest absolute Gasteiger partial charge is 0.250 e. The van der Waals surface area contributed by atoms with Gasteiger partial charge in [0.25, 0.3) is 5.91 Å². The van der Waals surface area contributed by atoms with Gasteiger partial charge in [-0.15, -0.1) is 0 Å². The zero-order valence-electron chi connectivity index (χ0n) is 10.1. The molecular formula is C13H16N4O. The second-order valence-electron chi connectivity index (χ2n) is 4.79. The Kier molecular flexibility index (Phi) is 2.76. The minimum absolute atomic E-state index is 0.403. The Labute approximate surface area is 105 Å². The van der Waals surface area contributed by atoms with Gasteiger partial charge in [-0.05, 0) is 49.5 Å². The number of rotatable bonds is 2. The summed E-state index contributed by atoms with van der Waals surface area (Å²) >= 11 is 0. The van der Waals surface area contributed by atoms with Crippen LogP contribution in [0.2, 0.25) is 0 Å². The lowest BCUT2D eigenvalue weighted by Crippen LogP contribution is -2.26. The quantitative estimate of drug-likeness (QED) is 0.740. The van der Waals surface area contributed by atoms with Crippen molar-refractivity contribution in [1.29, 1.82) is 0 Å². The highest BCUT2D eigenvalue weighted by Crippen LogP contribution is 2.29. The molecule has 1 fully saturated rings. The molecule has 1 amide bonds. The maximum atomic E-state index is 11.5. The lowest BCUT2D eigenvalue weighted by atomic mass is 9.88. The molecule has 4 N–H and O–H groups in total. The van der Waals surface area contributed by atoms with E-state index < -0.39 is 5.91 Å². The van der Waals surface area contributed by atoms with E-state index in [4.69, 9.17) is 5.73 Å². The molecule has 2 heterocycles. The van der Waals surface area contributed by atoms with Crippen LogP contribution in [-0.2, 0) is 0 Å². The number of carbonyl (C=O) groups is 1. The molecule has 1 aromatic heterocycles. The molecule has 2 aromatic rings. The summed E-state index contributed by atoms with van der Waals surface area (Å²) < 4.78 is 0. The fourth-order valence-electron chi connectivity index (χ4n) is 2.67. The maximum Gasteiger partial charge on any atom is 0.250 e. The molecule has 0 atom stereocenters. The number of nitrogens with one attached hydrogen (secondary N) is 2. The average molecular weight is 244 g/mol. The molecule has 0 bridgehead atoms. The van der Waals surface area contributed by atoms with E-state index in [9.17, 15) is 4.79 Å². The molecule has 0 aliphatic carbocycles. The van der Waals surface area contributed by atoms with Crippen molar-refractivity contribution in [2.45, 2.75) is 18.8 Å². The van der Waals surface area contributed by atoms with Crippen LogP contribution in [0.3, 0.4) is 0 Å². The van der Waals surface area contributed by atoms with Crippen molar-refractivity contribution < 1.29 is 4.79 Å². The van der Waals surface area contributed by atoms with Gasteiger partial charge < -0.3 is 11.1 Å². The van der Waals surface area contributed by atoms with Crippen molar-refractivity contribution in [1.82, 2.24) is 15.5 Å². The normalized spacial score (nSPS) is 17.1. The van der Waals surface area contributed by atoms with E-state index in [-0.39, 0.29) is 0 Å². The molecule has 18 heavy (non-hydrogen) atoms. The van der Waals surface area contributed by atoms with Crippen molar-refractivity contribution in [2.75, 3.05) is 13.1 Å². The fourth-order valence-corrected chi connectivity index (χ4v) is 2.67. The van der Waals surface area contributed by atoms with E-state index in [2.05, 4.69) is 21.6 Å². The molecule has 5 nitrogen and oxygen atoms in total. The molecule has 1 saturated heterocycles. The summed E-state index contributed by atoms with van der Waals surface area (Å²) in [6.45, 7) is 2.06. The van der Waals surface area contributed by atoms with E-state index in [1.807, 2.05) is 6.07 Å². The van der Waals surface area contributed by atoms with Gasteiger partial charge in [-0.2, -0.15) is 5.10 Å². The van der Waals surface area contributed by atoms with E-state index in [1.165, 1.54) is 5.56 Å². The van der Waals surface area contributed by atoms with Gasteiger partial charge in [-0.25, -0.2) is 0 Å². The van der Waals surface area contributed by atoms with Gasteiger partial charge in [0.15, 0.2) is 0 Å². The Morgan fingerprint density at radius 2 is 2.11 bits per heavy atom. The molecule has 94 valence electrons. The van der Waals surface area contributed by atoms with Gasteiger partial charge >= 0.3 is 0 Å². The van der Waals surface area contributed by atoms with E-state index in [0.29, 0.717) is 11.5 Å². The molecule has 0 saturated carbocycles. The van der Waals surface area contributed by atoms with E-state index in [1.54, 1.807) is 6.20 Å². The van der Waals surface area contributed by atoms with Crippen LogP contribution in [0.15, 0.2) is 18.3 Å². The number of H-pyrrole nitrogens is 1.